The number of nitrogens with zero attached hydrogens (tertiary/aromatic N) is 1. The Hall–Kier alpha value is -0.570. The molecule has 0 aromatic rings. The van der Waals surface area contributed by atoms with E-state index in [9.17, 15) is 4.79 Å². The number of rotatable bonds is 13. The minimum Gasteiger partial charge on any atom is -0.464 e. The predicted octanol–water partition coefficient (Wildman–Crippen LogP) is 4.01. The first-order chi connectivity index (χ1) is 9.16. The van der Waals surface area contributed by atoms with Crippen LogP contribution in [0.3, 0.4) is 0 Å². The van der Waals surface area contributed by atoms with Crippen molar-refractivity contribution in [3.05, 3.63) is 0 Å². The van der Waals surface area contributed by atoms with Crippen LogP contribution < -0.4 is 0 Å². The molecule has 0 fully saturated rings. The van der Waals surface area contributed by atoms with Crippen LogP contribution in [0.4, 0.5) is 0 Å². The van der Waals surface area contributed by atoms with Crippen LogP contribution in [0.25, 0.3) is 0 Å². The average Bonchev–Trinajstić information content (AvgIpc) is 2.36. The van der Waals surface area contributed by atoms with Crippen molar-refractivity contribution in [2.24, 2.45) is 0 Å². The molecule has 0 radical (unpaired) electrons. The van der Waals surface area contributed by atoms with Gasteiger partial charge in [0.2, 0.25) is 0 Å². The maximum Gasteiger partial charge on any atom is 0.305 e. The van der Waals surface area contributed by atoms with Crippen molar-refractivity contribution in [1.82, 2.24) is 4.90 Å². The first-order valence-corrected chi connectivity index (χ1v) is 7.97. The Balaban J connectivity index is 3.14. The first-order valence-electron chi connectivity index (χ1n) is 7.97. The smallest absolute Gasteiger partial charge is 0.305 e. The van der Waals surface area contributed by atoms with Crippen molar-refractivity contribution >= 4 is 5.97 Å². The molecule has 0 bridgehead atoms. The summed E-state index contributed by atoms with van der Waals surface area (Å²) in [5, 5.41) is 0. The Bertz CT molecular complexity index is 205. The quantitative estimate of drug-likeness (QED) is 0.374. The van der Waals surface area contributed by atoms with E-state index in [0.29, 0.717) is 13.0 Å². The van der Waals surface area contributed by atoms with Crippen LogP contribution in [0.2, 0.25) is 0 Å². The van der Waals surface area contributed by atoms with Gasteiger partial charge in [-0.15, -0.1) is 0 Å². The molecular formula is C16H33NO2. The number of ether oxygens (including phenoxy) is 1. The number of hydrogen-bond acceptors (Lipinski definition) is 3. The molecule has 0 spiro atoms. The van der Waals surface area contributed by atoms with E-state index in [4.69, 9.17) is 4.74 Å². The van der Waals surface area contributed by atoms with Crippen LogP contribution in [0, 0.1) is 0 Å². The largest absolute Gasteiger partial charge is 0.464 e. The van der Waals surface area contributed by atoms with Gasteiger partial charge in [0.1, 0.15) is 6.61 Å². The third-order valence-corrected chi connectivity index (χ3v) is 3.29. The minimum atomic E-state index is -0.0372. The highest BCUT2D eigenvalue weighted by molar-refractivity contribution is 5.69. The van der Waals surface area contributed by atoms with Gasteiger partial charge < -0.3 is 9.64 Å². The Morgan fingerprint density at radius 2 is 1.42 bits per heavy atom. The molecule has 0 saturated heterocycles. The Kier molecular flexibility index (Phi) is 13.4. The minimum absolute atomic E-state index is 0.0372. The van der Waals surface area contributed by atoms with Crippen LogP contribution in [0.1, 0.15) is 71.1 Å². The number of esters is 1. The number of unbranched alkanes of at least 4 members (excludes halogenated alkanes) is 8. The maximum absolute atomic E-state index is 11.4. The summed E-state index contributed by atoms with van der Waals surface area (Å²) in [4.78, 5) is 13.4. The van der Waals surface area contributed by atoms with Crippen LogP contribution >= 0.6 is 0 Å². The van der Waals surface area contributed by atoms with Gasteiger partial charge in [0.15, 0.2) is 0 Å². The fraction of sp³-hybridized carbons (Fsp3) is 0.938. The SMILES string of the molecule is CCCCCCCCCCCC(=O)OCCN(C)C. The second kappa shape index (κ2) is 13.9. The lowest BCUT2D eigenvalue weighted by Gasteiger charge is -2.09. The second-order valence-electron chi connectivity index (χ2n) is 5.60. The van der Waals surface area contributed by atoms with Crippen molar-refractivity contribution in [3.8, 4) is 0 Å². The Morgan fingerprint density at radius 1 is 0.895 bits per heavy atom. The van der Waals surface area contributed by atoms with E-state index in [1.165, 1.54) is 44.9 Å². The lowest BCUT2D eigenvalue weighted by atomic mass is 10.1. The van der Waals surface area contributed by atoms with Crippen molar-refractivity contribution in [2.45, 2.75) is 71.1 Å². The monoisotopic (exact) mass is 271 g/mol. The van der Waals surface area contributed by atoms with Crippen LogP contribution in [0.5, 0.6) is 0 Å². The molecule has 3 nitrogen and oxygen atoms in total. The highest BCUT2D eigenvalue weighted by Crippen LogP contribution is 2.10. The molecule has 0 rings (SSSR count). The second-order valence-corrected chi connectivity index (χ2v) is 5.60. The third-order valence-electron chi connectivity index (χ3n) is 3.29. The van der Waals surface area contributed by atoms with Crippen molar-refractivity contribution < 1.29 is 9.53 Å². The molecule has 19 heavy (non-hydrogen) atoms. The van der Waals surface area contributed by atoms with Gasteiger partial charge in [-0.05, 0) is 20.5 Å². The number of hydrogen-bond donors (Lipinski definition) is 0. The molecule has 114 valence electrons. The van der Waals surface area contributed by atoms with Gasteiger partial charge in [0, 0.05) is 13.0 Å². The van der Waals surface area contributed by atoms with Gasteiger partial charge in [-0.3, -0.25) is 4.79 Å². The van der Waals surface area contributed by atoms with Crippen LogP contribution in [0.15, 0.2) is 0 Å². The summed E-state index contributed by atoms with van der Waals surface area (Å²) in [6.07, 6.45) is 12.1. The summed E-state index contributed by atoms with van der Waals surface area (Å²) in [5.41, 5.74) is 0. The lowest BCUT2D eigenvalue weighted by Crippen LogP contribution is -2.20. The van der Waals surface area contributed by atoms with Gasteiger partial charge in [0.05, 0.1) is 0 Å². The lowest BCUT2D eigenvalue weighted by molar-refractivity contribution is -0.144. The van der Waals surface area contributed by atoms with E-state index in [1.54, 1.807) is 0 Å². The van der Waals surface area contributed by atoms with Gasteiger partial charge >= 0.3 is 5.97 Å². The first kappa shape index (κ1) is 18.4. The van der Waals surface area contributed by atoms with Crippen molar-refractivity contribution in [2.75, 3.05) is 27.2 Å². The summed E-state index contributed by atoms with van der Waals surface area (Å²) in [6.45, 7) is 3.57. The van der Waals surface area contributed by atoms with Gasteiger partial charge in [0.25, 0.3) is 0 Å². The number of carbonyl (C=O) groups is 1. The predicted molar refractivity (Wildman–Crippen MR) is 81.4 cm³/mol. The summed E-state index contributed by atoms with van der Waals surface area (Å²) in [5.74, 6) is -0.0372. The molecule has 0 amide bonds. The molecule has 0 aromatic heterocycles. The van der Waals surface area contributed by atoms with Crippen molar-refractivity contribution in [3.63, 3.8) is 0 Å². The van der Waals surface area contributed by atoms with Gasteiger partial charge in [-0.2, -0.15) is 0 Å². The molecule has 3 heteroatoms. The maximum atomic E-state index is 11.4. The zero-order valence-corrected chi connectivity index (χ0v) is 13.2. The van der Waals surface area contributed by atoms with E-state index in [-0.39, 0.29) is 5.97 Å². The molecule has 0 unspecified atom stereocenters. The van der Waals surface area contributed by atoms with Gasteiger partial charge in [-0.1, -0.05) is 58.3 Å². The Morgan fingerprint density at radius 3 is 1.95 bits per heavy atom. The fourth-order valence-corrected chi connectivity index (χ4v) is 1.99. The summed E-state index contributed by atoms with van der Waals surface area (Å²) in [7, 11) is 3.96. The molecular weight excluding hydrogens is 238 g/mol. The summed E-state index contributed by atoms with van der Waals surface area (Å²) in [6, 6.07) is 0. The summed E-state index contributed by atoms with van der Waals surface area (Å²) < 4.78 is 5.14. The topological polar surface area (TPSA) is 29.5 Å². The molecule has 0 aliphatic heterocycles. The van der Waals surface area contributed by atoms with E-state index >= 15 is 0 Å². The zero-order chi connectivity index (χ0) is 14.3. The standard InChI is InChI=1S/C16H33NO2/c1-4-5-6-7-8-9-10-11-12-13-16(18)19-15-14-17(2)3/h4-15H2,1-3H3. The zero-order valence-electron chi connectivity index (χ0n) is 13.2. The van der Waals surface area contributed by atoms with Crippen molar-refractivity contribution in [1.29, 1.82) is 0 Å². The molecule has 0 aliphatic rings. The van der Waals surface area contributed by atoms with E-state index in [0.717, 1.165) is 19.4 Å². The summed E-state index contributed by atoms with van der Waals surface area (Å²) >= 11 is 0. The molecule has 0 saturated carbocycles. The van der Waals surface area contributed by atoms with Crippen LogP contribution in [-0.2, 0) is 9.53 Å². The molecule has 0 aliphatic carbocycles. The average molecular weight is 271 g/mol. The highest BCUT2D eigenvalue weighted by atomic mass is 16.5. The Labute approximate surface area is 119 Å². The molecule has 0 heterocycles. The normalized spacial score (nSPS) is 10.9. The fourth-order valence-electron chi connectivity index (χ4n) is 1.99. The molecule has 0 atom stereocenters. The number of carbonyl (C=O) groups excluding carboxylic acids is 1. The highest BCUT2D eigenvalue weighted by Gasteiger charge is 2.02. The van der Waals surface area contributed by atoms with E-state index < -0.39 is 0 Å². The third kappa shape index (κ3) is 15.4. The van der Waals surface area contributed by atoms with E-state index in [1.807, 2.05) is 19.0 Å². The van der Waals surface area contributed by atoms with Crippen LogP contribution in [-0.4, -0.2) is 38.1 Å². The molecule has 0 aromatic carbocycles. The van der Waals surface area contributed by atoms with Gasteiger partial charge in [-0.25, -0.2) is 0 Å². The number of likely N-dealkylation sites (N-methyl/N-ethyl adjacent to an activating group) is 1. The molecule has 0 N–H and O–H groups in total. The van der Waals surface area contributed by atoms with E-state index in [2.05, 4.69) is 6.92 Å².